The Morgan fingerprint density at radius 2 is 2.14 bits per heavy atom. The van der Waals surface area contributed by atoms with Crippen LogP contribution in [0.4, 0.5) is 5.69 Å². The third-order valence-electron chi connectivity index (χ3n) is 5.50. The molecular weight excluding hydrogens is 386 g/mol. The van der Waals surface area contributed by atoms with Crippen LogP contribution in [-0.4, -0.2) is 48.0 Å². The van der Waals surface area contributed by atoms with Crippen molar-refractivity contribution in [2.75, 3.05) is 30.7 Å². The lowest BCUT2D eigenvalue weighted by Gasteiger charge is -2.32. The number of nitrogens with one attached hydrogen (secondary N) is 2. The Kier molecular flexibility index (Phi) is 7.98. The molecule has 1 atom stereocenters. The van der Waals surface area contributed by atoms with E-state index in [0.717, 1.165) is 36.3 Å². The minimum absolute atomic E-state index is 0.0190. The van der Waals surface area contributed by atoms with Gasteiger partial charge < -0.3 is 15.5 Å². The van der Waals surface area contributed by atoms with Gasteiger partial charge in [0.1, 0.15) is 0 Å². The van der Waals surface area contributed by atoms with Crippen molar-refractivity contribution in [3.63, 3.8) is 0 Å². The van der Waals surface area contributed by atoms with Crippen LogP contribution in [0.25, 0.3) is 0 Å². The summed E-state index contributed by atoms with van der Waals surface area (Å²) in [6.07, 6.45) is 6.65. The molecule has 3 amide bonds. The molecule has 1 fully saturated rings. The van der Waals surface area contributed by atoms with Gasteiger partial charge in [0.2, 0.25) is 11.8 Å². The van der Waals surface area contributed by atoms with Crippen LogP contribution in [0.15, 0.2) is 23.1 Å². The minimum Gasteiger partial charge on any atom is -0.356 e. The second-order valence-electron chi connectivity index (χ2n) is 7.80. The molecule has 1 unspecified atom stereocenters. The topological polar surface area (TPSA) is 78.5 Å². The summed E-state index contributed by atoms with van der Waals surface area (Å²) in [5, 5.41) is 5.93. The van der Waals surface area contributed by atoms with Crippen LogP contribution in [-0.2, 0) is 9.59 Å². The SMILES string of the molecule is CCCCCCNC(=O)C1CCCN(C(=O)c2ccc3c(c2)NC(=O)CCS3)C1. The maximum absolute atomic E-state index is 13.0. The molecule has 0 aromatic heterocycles. The van der Waals surface area contributed by atoms with Crippen molar-refractivity contribution in [3.8, 4) is 0 Å². The van der Waals surface area contributed by atoms with Gasteiger partial charge in [0, 0.05) is 42.3 Å². The zero-order valence-corrected chi connectivity index (χ0v) is 18.0. The average molecular weight is 418 g/mol. The second-order valence-corrected chi connectivity index (χ2v) is 8.94. The quantitative estimate of drug-likeness (QED) is 0.664. The number of amides is 3. The second kappa shape index (κ2) is 10.7. The number of piperidine rings is 1. The maximum Gasteiger partial charge on any atom is 0.253 e. The normalized spacial score (nSPS) is 19.1. The molecule has 1 aromatic carbocycles. The first-order valence-corrected chi connectivity index (χ1v) is 11.7. The van der Waals surface area contributed by atoms with E-state index < -0.39 is 0 Å². The van der Waals surface area contributed by atoms with Crippen molar-refractivity contribution in [1.29, 1.82) is 0 Å². The molecule has 0 spiro atoms. The molecule has 1 saturated heterocycles. The van der Waals surface area contributed by atoms with Crippen LogP contribution >= 0.6 is 11.8 Å². The van der Waals surface area contributed by atoms with Crippen LogP contribution in [0.2, 0.25) is 0 Å². The Hall–Kier alpha value is -2.02. The van der Waals surface area contributed by atoms with Gasteiger partial charge in [-0.25, -0.2) is 0 Å². The number of likely N-dealkylation sites (tertiary alicyclic amines) is 1. The summed E-state index contributed by atoms with van der Waals surface area (Å²) < 4.78 is 0. The number of hydrogen-bond donors (Lipinski definition) is 2. The highest BCUT2D eigenvalue weighted by Gasteiger charge is 2.29. The lowest BCUT2D eigenvalue weighted by Crippen LogP contribution is -2.45. The van der Waals surface area contributed by atoms with Crippen LogP contribution in [0.1, 0.15) is 62.2 Å². The van der Waals surface area contributed by atoms with Gasteiger partial charge in [-0.3, -0.25) is 14.4 Å². The summed E-state index contributed by atoms with van der Waals surface area (Å²) in [4.78, 5) is 40.1. The smallest absolute Gasteiger partial charge is 0.253 e. The highest BCUT2D eigenvalue weighted by Crippen LogP contribution is 2.32. The number of anilines is 1. The van der Waals surface area contributed by atoms with E-state index in [1.165, 1.54) is 12.8 Å². The Balaban J connectivity index is 1.58. The van der Waals surface area contributed by atoms with Gasteiger partial charge >= 0.3 is 0 Å². The Bertz CT molecular complexity index is 753. The Morgan fingerprint density at radius 1 is 1.28 bits per heavy atom. The number of fused-ring (bicyclic) bond motifs is 1. The molecule has 0 aliphatic carbocycles. The van der Waals surface area contributed by atoms with Gasteiger partial charge in [-0.15, -0.1) is 11.8 Å². The van der Waals surface area contributed by atoms with E-state index in [1.807, 2.05) is 12.1 Å². The number of benzene rings is 1. The molecular formula is C22H31N3O3S. The van der Waals surface area contributed by atoms with Crippen molar-refractivity contribution in [1.82, 2.24) is 10.2 Å². The van der Waals surface area contributed by atoms with Gasteiger partial charge in [-0.1, -0.05) is 26.2 Å². The van der Waals surface area contributed by atoms with E-state index in [4.69, 9.17) is 0 Å². The summed E-state index contributed by atoms with van der Waals surface area (Å²) in [6.45, 7) is 4.00. The van der Waals surface area contributed by atoms with Crippen LogP contribution in [0, 0.1) is 5.92 Å². The lowest BCUT2D eigenvalue weighted by molar-refractivity contribution is -0.126. The zero-order valence-electron chi connectivity index (χ0n) is 17.2. The monoisotopic (exact) mass is 417 g/mol. The molecule has 6 nitrogen and oxygen atoms in total. The predicted molar refractivity (Wildman–Crippen MR) is 116 cm³/mol. The van der Waals surface area contributed by atoms with Crippen molar-refractivity contribution in [2.24, 2.45) is 5.92 Å². The summed E-state index contributed by atoms with van der Waals surface area (Å²) in [6, 6.07) is 5.50. The van der Waals surface area contributed by atoms with Crippen LogP contribution in [0.3, 0.4) is 0 Å². The first kappa shape index (κ1) is 21.7. The van der Waals surface area contributed by atoms with E-state index in [9.17, 15) is 14.4 Å². The number of thioether (sulfide) groups is 1. The Labute approximate surface area is 177 Å². The molecule has 1 aromatic rings. The summed E-state index contributed by atoms with van der Waals surface area (Å²) in [5.41, 5.74) is 1.27. The zero-order chi connectivity index (χ0) is 20.6. The molecule has 0 saturated carbocycles. The third kappa shape index (κ3) is 5.98. The maximum atomic E-state index is 13.0. The fourth-order valence-electron chi connectivity index (χ4n) is 3.82. The minimum atomic E-state index is -0.144. The number of carbonyl (C=O) groups excluding carboxylic acids is 3. The first-order valence-electron chi connectivity index (χ1n) is 10.7. The van der Waals surface area contributed by atoms with Gasteiger partial charge in [0.05, 0.1) is 11.6 Å². The molecule has 2 N–H and O–H groups in total. The molecule has 3 rings (SSSR count). The van der Waals surface area contributed by atoms with Crippen LogP contribution < -0.4 is 10.6 Å². The number of unbranched alkanes of at least 4 members (excludes halogenated alkanes) is 3. The molecule has 2 heterocycles. The summed E-state index contributed by atoms with van der Waals surface area (Å²) >= 11 is 1.62. The highest BCUT2D eigenvalue weighted by molar-refractivity contribution is 7.99. The summed E-state index contributed by atoms with van der Waals surface area (Å²) in [5.74, 6) is 0.568. The fourth-order valence-corrected chi connectivity index (χ4v) is 4.76. The van der Waals surface area contributed by atoms with Crippen molar-refractivity contribution < 1.29 is 14.4 Å². The highest BCUT2D eigenvalue weighted by atomic mass is 32.2. The largest absolute Gasteiger partial charge is 0.356 e. The number of carbonyl (C=O) groups is 3. The molecule has 7 heteroatoms. The number of rotatable bonds is 7. The van der Waals surface area contributed by atoms with Crippen molar-refractivity contribution in [3.05, 3.63) is 23.8 Å². The van der Waals surface area contributed by atoms with Gasteiger partial charge in [0.25, 0.3) is 5.91 Å². The van der Waals surface area contributed by atoms with Crippen LogP contribution in [0.5, 0.6) is 0 Å². The predicted octanol–water partition coefficient (Wildman–Crippen LogP) is 3.67. The molecule has 0 bridgehead atoms. The average Bonchev–Trinajstić information content (AvgIpc) is 2.92. The lowest BCUT2D eigenvalue weighted by atomic mass is 9.96. The molecule has 2 aliphatic rings. The van der Waals surface area contributed by atoms with E-state index in [2.05, 4.69) is 17.6 Å². The molecule has 0 radical (unpaired) electrons. The van der Waals surface area contributed by atoms with E-state index in [-0.39, 0.29) is 23.6 Å². The molecule has 2 aliphatic heterocycles. The summed E-state index contributed by atoms with van der Waals surface area (Å²) in [7, 11) is 0. The number of nitrogens with zero attached hydrogens (tertiary/aromatic N) is 1. The standard InChI is InChI=1S/C22H31N3O3S/c1-2-3-4-5-11-23-21(27)17-7-6-12-25(15-17)22(28)16-8-9-19-18(14-16)24-20(26)10-13-29-19/h8-9,14,17H,2-7,10-13,15H2,1H3,(H,23,27)(H,24,26). The third-order valence-corrected chi connectivity index (χ3v) is 6.57. The molecule has 29 heavy (non-hydrogen) atoms. The molecule has 158 valence electrons. The first-order chi connectivity index (χ1) is 14.1. The fraction of sp³-hybridized carbons (Fsp3) is 0.591. The van der Waals surface area contributed by atoms with Gasteiger partial charge in [-0.05, 0) is 37.5 Å². The van der Waals surface area contributed by atoms with Gasteiger partial charge in [-0.2, -0.15) is 0 Å². The van der Waals surface area contributed by atoms with E-state index in [1.54, 1.807) is 22.7 Å². The van der Waals surface area contributed by atoms with E-state index in [0.29, 0.717) is 37.3 Å². The van der Waals surface area contributed by atoms with E-state index >= 15 is 0 Å². The Morgan fingerprint density at radius 3 is 2.97 bits per heavy atom. The van der Waals surface area contributed by atoms with Gasteiger partial charge in [0.15, 0.2) is 0 Å². The number of hydrogen-bond acceptors (Lipinski definition) is 4. The van der Waals surface area contributed by atoms with Crippen molar-refractivity contribution >= 4 is 35.2 Å². The van der Waals surface area contributed by atoms with Crippen molar-refractivity contribution in [2.45, 2.75) is 56.8 Å².